The number of rotatable bonds is 3. The molecule has 0 atom stereocenters. The molecule has 0 fully saturated rings. The van der Waals surface area contributed by atoms with Crippen LogP contribution < -0.4 is 4.74 Å². The van der Waals surface area contributed by atoms with Crippen molar-refractivity contribution in [2.24, 2.45) is 5.16 Å². The summed E-state index contributed by atoms with van der Waals surface area (Å²) in [5, 5.41) is 11.2. The zero-order valence-electron chi connectivity index (χ0n) is 8.32. The van der Waals surface area contributed by atoms with Crippen molar-refractivity contribution >= 4 is 11.5 Å². The van der Waals surface area contributed by atoms with Crippen LogP contribution in [0, 0.1) is 5.82 Å². The predicted molar refractivity (Wildman–Crippen MR) is 52.2 cm³/mol. The van der Waals surface area contributed by atoms with E-state index < -0.39 is 11.6 Å². The third kappa shape index (κ3) is 2.52. The van der Waals surface area contributed by atoms with Gasteiger partial charge in [-0.15, -0.1) is 0 Å². The van der Waals surface area contributed by atoms with Crippen molar-refractivity contribution in [1.29, 1.82) is 0 Å². The lowest BCUT2D eigenvalue weighted by atomic mass is 10.1. The summed E-state index contributed by atoms with van der Waals surface area (Å²) >= 11 is 0. The molecule has 1 aromatic rings. The molecule has 15 heavy (non-hydrogen) atoms. The van der Waals surface area contributed by atoms with Gasteiger partial charge in [0.05, 0.1) is 7.11 Å². The van der Waals surface area contributed by atoms with Gasteiger partial charge >= 0.3 is 0 Å². The van der Waals surface area contributed by atoms with Crippen molar-refractivity contribution in [2.75, 3.05) is 7.11 Å². The van der Waals surface area contributed by atoms with E-state index in [2.05, 4.69) is 5.16 Å². The number of carbonyl (C=O) groups is 1. The van der Waals surface area contributed by atoms with E-state index in [1.165, 1.54) is 20.1 Å². The fourth-order valence-corrected chi connectivity index (χ4v) is 1.07. The van der Waals surface area contributed by atoms with Gasteiger partial charge < -0.3 is 9.94 Å². The highest BCUT2D eigenvalue weighted by Crippen LogP contribution is 2.16. The van der Waals surface area contributed by atoms with E-state index in [1.807, 2.05) is 0 Å². The Hall–Kier alpha value is -1.91. The summed E-state index contributed by atoms with van der Waals surface area (Å²) in [7, 11) is 1.37. The number of hydrogen-bond donors (Lipinski definition) is 1. The zero-order chi connectivity index (χ0) is 11.4. The molecule has 0 radical (unpaired) electrons. The molecule has 0 unspecified atom stereocenters. The summed E-state index contributed by atoms with van der Waals surface area (Å²) in [6.07, 6.45) is 0. The minimum atomic E-state index is -0.580. The maximum Gasteiger partial charge on any atom is 0.210 e. The lowest BCUT2D eigenvalue weighted by Crippen LogP contribution is -2.10. The van der Waals surface area contributed by atoms with Gasteiger partial charge in [-0.25, -0.2) is 4.39 Å². The number of oxime groups is 1. The highest BCUT2D eigenvalue weighted by molar-refractivity contribution is 6.45. The Morgan fingerprint density at radius 1 is 1.47 bits per heavy atom. The smallest absolute Gasteiger partial charge is 0.210 e. The molecule has 0 aliphatic rings. The van der Waals surface area contributed by atoms with E-state index in [1.54, 1.807) is 0 Å². The van der Waals surface area contributed by atoms with Crippen LogP contribution >= 0.6 is 0 Å². The molecule has 0 aromatic heterocycles. The molecule has 1 aromatic carbocycles. The van der Waals surface area contributed by atoms with E-state index in [-0.39, 0.29) is 17.0 Å². The standard InChI is InChI=1S/C10H10FNO3/c1-6(12-14)10(13)7-3-8(11)5-9(4-7)15-2/h3-5,14H,1-2H3. The van der Waals surface area contributed by atoms with Crippen molar-refractivity contribution < 1.29 is 19.1 Å². The van der Waals surface area contributed by atoms with Crippen LogP contribution in [0.5, 0.6) is 5.75 Å². The second kappa shape index (κ2) is 4.54. The van der Waals surface area contributed by atoms with Crippen LogP contribution in [0.15, 0.2) is 23.4 Å². The van der Waals surface area contributed by atoms with Crippen LogP contribution in [-0.4, -0.2) is 23.8 Å². The molecule has 1 N–H and O–H groups in total. The second-order valence-corrected chi connectivity index (χ2v) is 2.89. The maximum absolute atomic E-state index is 13.0. The zero-order valence-corrected chi connectivity index (χ0v) is 8.32. The molecule has 0 heterocycles. The molecule has 4 nitrogen and oxygen atoms in total. The molecule has 0 aliphatic carbocycles. The van der Waals surface area contributed by atoms with E-state index in [9.17, 15) is 9.18 Å². The Morgan fingerprint density at radius 3 is 2.67 bits per heavy atom. The van der Waals surface area contributed by atoms with Gasteiger partial charge in [0.25, 0.3) is 0 Å². The SMILES string of the molecule is COc1cc(F)cc(C(=O)C(C)=NO)c1. The van der Waals surface area contributed by atoms with Crippen molar-refractivity contribution in [2.45, 2.75) is 6.92 Å². The first-order valence-corrected chi connectivity index (χ1v) is 4.16. The van der Waals surface area contributed by atoms with Crippen molar-refractivity contribution in [3.8, 4) is 5.75 Å². The van der Waals surface area contributed by atoms with Gasteiger partial charge in [-0.05, 0) is 19.1 Å². The van der Waals surface area contributed by atoms with Gasteiger partial charge in [0, 0.05) is 11.6 Å². The molecule has 0 bridgehead atoms. The minimum absolute atomic E-state index is 0.0853. The molecule has 0 aliphatic heterocycles. The third-order valence-electron chi connectivity index (χ3n) is 1.85. The number of ether oxygens (including phenoxy) is 1. The summed E-state index contributed by atoms with van der Waals surface area (Å²) in [5.74, 6) is -0.886. The number of benzene rings is 1. The molecular weight excluding hydrogens is 201 g/mol. The van der Waals surface area contributed by atoms with Gasteiger partial charge in [-0.3, -0.25) is 4.79 Å². The van der Waals surface area contributed by atoms with Crippen molar-refractivity contribution in [1.82, 2.24) is 0 Å². The van der Waals surface area contributed by atoms with Gasteiger partial charge in [0.1, 0.15) is 17.3 Å². The van der Waals surface area contributed by atoms with Gasteiger partial charge in [-0.1, -0.05) is 5.16 Å². The monoisotopic (exact) mass is 211 g/mol. The van der Waals surface area contributed by atoms with Crippen molar-refractivity contribution in [3.63, 3.8) is 0 Å². The Kier molecular flexibility index (Phi) is 3.38. The number of methoxy groups -OCH3 is 1. The summed E-state index contributed by atoms with van der Waals surface area (Å²) in [5.41, 5.74) is -0.0233. The molecule has 0 saturated carbocycles. The molecular formula is C10H10FNO3. The van der Waals surface area contributed by atoms with E-state index in [0.29, 0.717) is 0 Å². The second-order valence-electron chi connectivity index (χ2n) is 2.89. The minimum Gasteiger partial charge on any atom is -0.497 e. The summed E-state index contributed by atoms with van der Waals surface area (Å²) in [6, 6.07) is 3.59. The number of hydrogen-bond acceptors (Lipinski definition) is 4. The topological polar surface area (TPSA) is 58.9 Å². The van der Waals surface area contributed by atoms with E-state index in [0.717, 1.165) is 12.1 Å². The van der Waals surface area contributed by atoms with Crippen LogP contribution in [0.3, 0.4) is 0 Å². The number of nitrogens with zero attached hydrogens (tertiary/aromatic N) is 1. The van der Waals surface area contributed by atoms with Crippen molar-refractivity contribution in [3.05, 3.63) is 29.6 Å². The molecule has 0 saturated heterocycles. The number of ketones is 1. The van der Waals surface area contributed by atoms with Crippen LogP contribution in [0.4, 0.5) is 4.39 Å². The first-order valence-electron chi connectivity index (χ1n) is 4.16. The number of Topliss-reactive ketones (excluding diaryl/α,β-unsaturated/α-hetero) is 1. The number of carbonyl (C=O) groups excluding carboxylic acids is 1. The highest BCUT2D eigenvalue weighted by atomic mass is 19.1. The van der Waals surface area contributed by atoms with Crippen LogP contribution in [0.2, 0.25) is 0 Å². The highest BCUT2D eigenvalue weighted by Gasteiger charge is 2.12. The Morgan fingerprint density at radius 2 is 2.13 bits per heavy atom. The normalized spacial score (nSPS) is 11.3. The van der Waals surface area contributed by atoms with Gasteiger partial charge in [0.15, 0.2) is 0 Å². The largest absolute Gasteiger partial charge is 0.497 e. The Balaban J connectivity index is 3.15. The first kappa shape index (κ1) is 11.2. The lowest BCUT2D eigenvalue weighted by Gasteiger charge is -2.03. The Bertz CT molecular complexity index is 415. The molecule has 80 valence electrons. The Labute approximate surface area is 86.0 Å². The van der Waals surface area contributed by atoms with Gasteiger partial charge in [-0.2, -0.15) is 0 Å². The molecule has 0 spiro atoms. The van der Waals surface area contributed by atoms with Crippen LogP contribution in [0.25, 0.3) is 0 Å². The number of halogens is 1. The van der Waals surface area contributed by atoms with Gasteiger partial charge in [0.2, 0.25) is 5.78 Å². The van der Waals surface area contributed by atoms with E-state index >= 15 is 0 Å². The maximum atomic E-state index is 13.0. The molecule has 0 amide bonds. The summed E-state index contributed by atoms with van der Waals surface area (Å²) in [6.45, 7) is 1.33. The molecule has 1 rings (SSSR count). The third-order valence-corrected chi connectivity index (χ3v) is 1.85. The fraction of sp³-hybridized carbons (Fsp3) is 0.200. The van der Waals surface area contributed by atoms with Crippen LogP contribution in [0.1, 0.15) is 17.3 Å². The quantitative estimate of drug-likeness (QED) is 0.359. The summed E-state index contributed by atoms with van der Waals surface area (Å²) in [4.78, 5) is 11.5. The fourth-order valence-electron chi connectivity index (χ4n) is 1.07. The molecule has 5 heteroatoms. The van der Waals surface area contributed by atoms with E-state index in [4.69, 9.17) is 9.94 Å². The average Bonchev–Trinajstić information content (AvgIpc) is 2.26. The lowest BCUT2D eigenvalue weighted by molar-refractivity contribution is 0.106. The predicted octanol–water partition coefficient (Wildman–Crippen LogP) is 1.87. The summed E-state index contributed by atoms with van der Waals surface area (Å²) < 4.78 is 17.8. The van der Waals surface area contributed by atoms with Crippen LogP contribution in [-0.2, 0) is 0 Å². The first-order chi connectivity index (χ1) is 7.08. The average molecular weight is 211 g/mol.